The second kappa shape index (κ2) is 10.5. The number of nitrogen functional groups attached to an aromatic ring is 1. The minimum Gasteiger partial charge on any atom is -0.392 e. The molecule has 1 saturated heterocycles. The van der Waals surface area contributed by atoms with Crippen LogP contribution in [0.4, 0.5) is 10.2 Å². The highest BCUT2D eigenvalue weighted by atomic mass is 19.1. The molecule has 0 unspecified atom stereocenters. The molecule has 1 aromatic carbocycles. The van der Waals surface area contributed by atoms with E-state index in [0.717, 1.165) is 5.56 Å². The number of nitrogens with two attached hydrogens (primary N) is 1. The molecular weight excluding hydrogens is 503 g/mol. The molecule has 1 fully saturated rings. The van der Waals surface area contributed by atoms with E-state index in [1.54, 1.807) is 35.5 Å². The third kappa shape index (κ3) is 4.86. The average Bonchev–Trinajstić information content (AvgIpc) is 3.37. The number of amides is 1. The first kappa shape index (κ1) is 26.4. The van der Waals surface area contributed by atoms with Crippen molar-refractivity contribution in [1.29, 1.82) is 0 Å². The van der Waals surface area contributed by atoms with Crippen LogP contribution in [0.25, 0.3) is 28.0 Å². The average molecular weight is 533 g/mol. The first-order chi connectivity index (χ1) is 18.7. The zero-order valence-corrected chi connectivity index (χ0v) is 21.6. The number of anilines is 1. The number of Topliss-reactive ketones (excluding diaryl/α,β-unsaturated/α-hetero) is 1. The maximum Gasteiger partial charge on any atom is 0.251 e. The molecule has 10 nitrogen and oxygen atoms in total. The number of hydrogen-bond donors (Lipinski definition) is 3. The predicted molar refractivity (Wildman–Crippen MR) is 142 cm³/mol. The van der Waals surface area contributed by atoms with Crippen LogP contribution in [0.1, 0.15) is 54.2 Å². The lowest BCUT2D eigenvalue weighted by Crippen LogP contribution is -2.42. The van der Waals surface area contributed by atoms with Crippen LogP contribution in [0.3, 0.4) is 0 Å². The fraction of sp³-hybridized carbons (Fsp3) is 0.321. The number of likely N-dealkylation sites (tertiary alicyclic amines) is 1. The smallest absolute Gasteiger partial charge is 0.251 e. The Kier molecular flexibility index (Phi) is 7.11. The number of carbonyl (C=O) groups is 2. The summed E-state index contributed by atoms with van der Waals surface area (Å²) in [5.74, 6) is -0.913. The van der Waals surface area contributed by atoms with E-state index in [1.165, 1.54) is 24.4 Å². The Labute approximate surface area is 223 Å². The molecule has 4 aromatic rings. The molecule has 0 saturated carbocycles. The first-order valence-corrected chi connectivity index (χ1v) is 12.7. The van der Waals surface area contributed by atoms with E-state index in [0.29, 0.717) is 59.7 Å². The van der Waals surface area contributed by atoms with Gasteiger partial charge in [-0.3, -0.25) is 14.6 Å². The lowest BCUT2D eigenvalue weighted by atomic mass is 9.89. The van der Waals surface area contributed by atoms with Crippen molar-refractivity contribution in [3.63, 3.8) is 0 Å². The van der Waals surface area contributed by atoms with Crippen molar-refractivity contribution in [1.82, 2.24) is 24.5 Å². The van der Waals surface area contributed by atoms with Gasteiger partial charge in [-0.1, -0.05) is 6.07 Å². The van der Waals surface area contributed by atoms with Crippen LogP contribution in [0.5, 0.6) is 0 Å². The Morgan fingerprint density at radius 1 is 1.15 bits per heavy atom. The number of fused-ring (bicyclic) bond motifs is 1. The Hall–Kier alpha value is -4.22. The highest BCUT2D eigenvalue weighted by molar-refractivity contribution is 6.00. The molecule has 1 aliphatic rings. The second-order valence-corrected chi connectivity index (χ2v) is 9.78. The summed E-state index contributed by atoms with van der Waals surface area (Å²) < 4.78 is 15.2. The molecule has 0 spiro atoms. The fourth-order valence-electron chi connectivity index (χ4n) is 5.11. The third-order valence-electron chi connectivity index (χ3n) is 7.20. The van der Waals surface area contributed by atoms with Gasteiger partial charge in [0.2, 0.25) is 0 Å². The zero-order chi connectivity index (χ0) is 27.8. The van der Waals surface area contributed by atoms with E-state index < -0.39 is 18.5 Å². The van der Waals surface area contributed by atoms with E-state index >= 15 is 0 Å². The van der Waals surface area contributed by atoms with Gasteiger partial charge in [0.1, 0.15) is 17.7 Å². The summed E-state index contributed by atoms with van der Waals surface area (Å²) in [5.41, 5.74) is 10.7. The van der Waals surface area contributed by atoms with E-state index in [-0.39, 0.29) is 29.0 Å². The number of carbonyl (C=O) groups excluding carboxylic acids is 2. The number of benzene rings is 1. The fourth-order valence-corrected chi connectivity index (χ4v) is 5.11. The number of nitrogens with zero attached hydrogens (tertiary/aromatic N) is 5. The first-order valence-electron chi connectivity index (χ1n) is 12.7. The molecule has 4 heterocycles. The molecular formula is C28H29FN6O4. The van der Waals surface area contributed by atoms with Crippen LogP contribution in [-0.4, -0.2) is 65.6 Å². The second-order valence-electron chi connectivity index (χ2n) is 9.78. The third-order valence-corrected chi connectivity index (χ3v) is 7.20. The number of ketones is 1. The van der Waals surface area contributed by atoms with Crippen LogP contribution in [-0.2, 0) is 11.4 Å². The maximum atomic E-state index is 13.8. The summed E-state index contributed by atoms with van der Waals surface area (Å²) in [5, 5.41) is 23.4. The molecule has 3 aromatic heterocycles. The summed E-state index contributed by atoms with van der Waals surface area (Å²) in [4.78, 5) is 35.9. The van der Waals surface area contributed by atoms with Crippen molar-refractivity contribution in [3.8, 4) is 22.4 Å². The van der Waals surface area contributed by atoms with Crippen molar-refractivity contribution in [2.45, 2.75) is 45.3 Å². The van der Waals surface area contributed by atoms with Gasteiger partial charge in [0.15, 0.2) is 11.4 Å². The predicted octanol–water partition coefficient (Wildman–Crippen LogP) is 2.96. The Balaban J connectivity index is 1.51. The summed E-state index contributed by atoms with van der Waals surface area (Å²) >= 11 is 0. The number of aliphatic hydroxyl groups is 2. The molecule has 39 heavy (non-hydrogen) atoms. The quantitative estimate of drug-likeness (QED) is 0.321. The normalized spacial score (nSPS) is 15.1. The number of aliphatic hydroxyl groups excluding tert-OH is 2. The van der Waals surface area contributed by atoms with Crippen LogP contribution in [0.2, 0.25) is 0 Å². The topological polar surface area (TPSA) is 147 Å². The van der Waals surface area contributed by atoms with Gasteiger partial charge in [-0.2, -0.15) is 9.61 Å². The van der Waals surface area contributed by atoms with Gasteiger partial charge in [-0.15, -0.1) is 0 Å². The Morgan fingerprint density at radius 2 is 1.87 bits per heavy atom. The van der Waals surface area contributed by atoms with Crippen LogP contribution < -0.4 is 5.73 Å². The van der Waals surface area contributed by atoms with Gasteiger partial charge >= 0.3 is 0 Å². The maximum absolute atomic E-state index is 13.8. The largest absolute Gasteiger partial charge is 0.392 e. The Bertz CT molecular complexity index is 1560. The minimum atomic E-state index is -1.06. The zero-order valence-electron chi connectivity index (χ0n) is 21.6. The lowest BCUT2D eigenvalue weighted by molar-refractivity contribution is -0.140. The van der Waals surface area contributed by atoms with Crippen molar-refractivity contribution >= 4 is 23.2 Å². The van der Waals surface area contributed by atoms with E-state index in [2.05, 4.69) is 10.1 Å². The van der Waals surface area contributed by atoms with Gasteiger partial charge in [0.05, 0.1) is 29.8 Å². The van der Waals surface area contributed by atoms with Crippen LogP contribution >= 0.6 is 0 Å². The van der Waals surface area contributed by atoms with Gasteiger partial charge in [-0.05, 0) is 51.0 Å². The minimum absolute atomic E-state index is 0.100. The van der Waals surface area contributed by atoms with Crippen molar-refractivity contribution < 1.29 is 24.2 Å². The highest BCUT2D eigenvalue weighted by Gasteiger charge is 2.31. The lowest BCUT2D eigenvalue weighted by Gasteiger charge is -2.33. The standard InChI is InChI=1S/C28H29FN6O4/c1-15(37)24-25(17-7-9-34(10-8-17)28(39)16(2)38)33-27-21(13-32-35(27)26(24)30)19-4-6-23(31-12-19)18-3-5-22(29)20(11-18)14-36/h3-6,11-13,16-17,36,38H,7-10,14,30H2,1-2H3/t16-/m1/s1. The molecule has 11 heteroatoms. The van der Waals surface area contributed by atoms with Crippen molar-refractivity contribution in [2.75, 3.05) is 18.8 Å². The van der Waals surface area contributed by atoms with E-state index in [4.69, 9.17) is 10.7 Å². The molecule has 1 atom stereocenters. The number of halogens is 1. The van der Waals surface area contributed by atoms with Crippen LogP contribution in [0, 0.1) is 5.82 Å². The van der Waals surface area contributed by atoms with Crippen LogP contribution in [0.15, 0.2) is 42.7 Å². The summed E-state index contributed by atoms with van der Waals surface area (Å²) in [7, 11) is 0. The van der Waals surface area contributed by atoms with E-state index in [9.17, 15) is 24.2 Å². The summed E-state index contributed by atoms with van der Waals surface area (Å²) in [6.45, 7) is 3.37. The SMILES string of the molecule is CC(=O)c1c(C2CCN(C(=O)[C@@H](C)O)CC2)nc2c(-c3ccc(-c4ccc(F)c(CO)c4)nc3)cnn2c1N. The number of piperidine rings is 1. The van der Waals surface area contributed by atoms with Gasteiger partial charge in [0, 0.05) is 47.5 Å². The van der Waals surface area contributed by atoms with Gasteiger partial charge < -0.3 is 20.8 Å². The van der Waals surface area contributed by atoms with Crippen molar-refractivity contribution in [2.24, 2.45) is 0 Å². The molecule has 1 amide bonds. The highest BCUT2D eigenvalue weighted by Crippen LogP contribution is 2.35. The molecule has 5 rings (SSSR count). The molecule has 0 radical (unpaired) electrons. The molecule has 1 aliphatic heterocycles. The van der Waals surface area contributed by atoms with Gasteiger partial charge in [-0.25, -0.2) is 9.37 Å². The molecule has 0 aliphatic carbocycles. The van der Waals surface area contributed by atoms with Crippen molar-refractivity contribution in [3.05, 3.63) is 65.4 Å². The monoisotopic (exact) mass is 532 g/mol. The number of aromatic nitrogens is 4. The number of hydrogen-bond acceptors (Lipinski definition) is 8. The number of pyridine rings is 1. The molecule has 0 bridgehead atoms. The summed E-state index contributed by atoms with van der Waals surface area (Å²) in [6, 6.07) is 8.09. The molecule has 202 valence electrons. The number of rotatable bonds is 6. The van der Waals surface area contributed by atoms with E-state index in [1.807, 2.05) is 6.07 Å². The summed E-state index contributed by atoms with van der Waals surface area (Å²) in [6.07, 6.45) is 3.37. The molecule has 4 N–H and O–H groups in total. The van der Waals surface area contributed by atoms with Gasteiger partial charge in [0.25, 0.3) is 5.91 Å². The Morgan fingerprint density at radius 3 is 2.49 bits per heavy atom.